The average molecular weight is 574 g/mol. The van der Waals surface area contributed by atoms with Crippen LogP contribution in [-0.4, -0.2) is 105 Å². The zero-order chi connectivity index (χ0) is 29.8. The summed E-state index contributed by atoms with van der Waals surface area (Å²) in [6.07, 6.45) is 1.36. The Hall–Kier alpha value is -3.35. The Balaban J connectivity index is 1.47. The molecule has 2 aliphatic heterocycles. The number of benzene rings is 1. The Morgan fingerprint density at radius 3 is 2.17 bits per heavy atom. The number of nitrogens with one attached hydrogen (secondary N) is 4. The minimum absolute atomic E-state index is 0.152. The Bertz CT molecular complexity index is 1050. The van der Waals surface area contributed by atoms with Crippen molar-refractivity contribution in [1.29, 1.82) is 0 Å². The molecule has 4 N–H and O–H groups in total. The molecule has 12 nitrogen and oxygen atoms in total. The van der Waals surface area contributed by atoms with Gasteiger partial charge in [0.25, 0.3) is 0 Å². The van der Waals surface area contributed by atoms with Gasteiger partial charge in [0.1, 0.15) is 11.6 Å². The van der Waals surface area contributed by atoms with Crippen LogP contribution < -0.4 is 21.3 Å². The molecule has 4 amide bonds. The van der Waals surface area contributed by atoms with E-state index in [9.17, 15) is 24.0 Å². The van der Waals surface area contributed by atoms with Crippen LogP contribution in [0.25, 0.3) is 0 Å². The highest BCUT2D eigenvalue weighted by Crippen LogP contribution is 2.29. The summed E-state index contributed by atoms with van der Waals surface area (Å²) in [4.78, 5) is 65.2. The number of nitrogens with zero attached hydrogens (tertiary/aromatic N) is 1. The van der Waals surface area contributed by atoms with Crippen molar-refractivity contribution < 1.29 is 33.4 Å². The second-order valence-corrected chi connectivity index (χ2v) is 11.2. The van der Waals surface area contributed by atoms with Crippen LogP contribution in [0.2, 0.25) is 0 Å². The third-order valence-electron chi connectivity index (χ3n) is 7.01. The van der Waals surface area contributed by atoms with Crippen LogP contribution in [0.1, 0.15) is 39.2 Å². The maximum atomic E-state index is 13.0. The van der Waals surface area contributed by atoms with Crippen LogP contribution in [-0.2, 0) is 39.9 Å². The van der Waals surface area contributed by atoms with E-state index < -0.39 is 35.4 Å². The number of carbonyl (C=O) groups excluding carboxylic acids is 5. The highest BCUT2D eigenvalue weighted by Gasteiger charge is 2.50. The van der Waals surface area contributed by atoms with Gasteiger partial charge in [-0.1, -0.05) is 44.2 Å². The molecule has 0 spiro atoms. The fraction of sp³-hybridized carbons (Fsp3) is 0.621. The fourth-order valence-corrected chi connectivity index (χ4v) is 4.53. The van der Waals surface area contributed by atoms with Crippen molar-refractivity contribution in [3.63, 3.8) is 0 Å². The molecule has 2 unspecified atom stereocenters. The molecule has 0 bridgehead atoms. The number of epoxide rings is 1. The normalized spacial score (nSPS) is 20.0. The van der Waals surface area contributed by atoms with Gasteiger partial charge in [-0.2, -0.15) is 0 Å². The van der Waals surface area contributed by atoms with E-state index in [-0.39, 0.29) is 37.2 Å². The van der Waals surface area contributed by atoms with Gasteiger partial charge in [-0.15, -0.1) is 0 Å². The molecule has 2 heterocycles. The summed E-state index contributed by atoms with van der Waals surface area (Å²) in [7, 11) is 0. The van der Waals surface area contributed by atoms with E-state index in [4.69, 9.17) is 9.47 Å². The zero-order valence-corrected chi connectivity index (χ0v) is 24.2. The standard InChI is InChI=1S/C29H43N5O7/c1-20(2)15-23(27(38)29(3)19-41-29)33-25(36)17-30-24(35)16-31-28(39)22(10-9-21-7-5-4-6-8-21)32-26(37)18-34-11-13-40-14-12-34/h4-8,20,22-23H,9-19H2,1-3H3,(H,30,35)(H,31,39)(H,32,37)(H,33,36)/t22-,23?,29?/m0/s1. The summed E-state index contributed by atoms with van der Waals surface area (Å²) < 4.78 is 10.6. The van der Waals surface area contributed by atoms with Crippen molar-refractivity contribution in [2.24, 2.45) is 5.92 Å². The molecule has 226 valence electrons. The first-order valence-corrected chi connectivity index (χ1v) is 14.2. The quantitative estimate of drug-likeness (QED) is 0.194. The lowest BCUT2D eigenvalue weighted by molar-refractivity contribution is -0.132. The number of aryl methyl sites for hydroxylation is 1. The van der Waals surface area contributed by atoms with Gasteiger partial charge >= 0.3 is 0 Å². The molecule has 3 rings (SSSR count). The number of morpholine rings is 1. The maximum absolute atomic E-state index is 13.0. The Kier molecular flexibility index (Phi) is 12.2. The van der Waals surface area contributed by atoms with E-state index in [1.54, 1.807) is 6.92 Å². The van der Waals surface area contributed by atoms with E-state index in [2.05, 4.69) is 21.3 Å². The van der Waals surface area contributed by atoms with Gasteiger partial charge in [-0.05, 0) is 37.7 Å². The Morgan fingerprint density at radius 2 is 1.54 bits per heavy atom. The number of hydrogen-bond acceptors (Lipinski definition) is 8. The Morgan fingerprint density at radius 1 is 0.902 bits per heavy atom. The molecular formula is C29H43N5O7. The van der Waals surface area contributed by atoms with E-state index in [0.717, 1.165) is 5.56 Å². The molecule has 2 saturated heterocycles. The van der Waals surface area contributed by atoms with E-state index in [0.29, 0.717) is 52.2 Å². The molecule has 2 fully saturated rings. The minimum Gasteiger partial charge on any atom is -0.379 e. The lowest BCUT2D eigenvalue weighted by Crippen LogP contribution is -2.53. The smallest absolute Gasteiger partial charge is 0.243 e. The average Bonchev–Trinajstić information content (AvgIpc) is 3.71. The summed E-state index contributed by atoms with van der Waals surface area (Å²) in [6.45, 7) is 7.75. The second-order valence-electron chi connectivity index (χ2n) is 11.2. The summed E-state index contributed by atoms with van der Waals surface area (Å²) in [5.41, 5.74) is 0.155. The van der Waals surface area contributed by atoms with E-state index in [1.807, 2.05) is 49.1 Å². The van der Waals surface area contributed by atoms with Crippen molar-refractivity contribution >= 4 is 29.4 Å². The van der Waals surface area contributed by atoms with Gasteiger partial charge in [0.2, 0.25) is 23.6 Å². The SMILES string of the molecule is CC(C)CC(NC(=O)CNC(=O)CNC(=O)[C@H](CCc1ccccc1)NC(=O)CN1CCOCC1)C(=O)C1(C)CO1. The number of carbonyl (C=O) groups is 5. The van der Waals surface area contributed by atoms with E-state index >= 15 is 0 Å². The van der Waals surface area contributed by atoms with Gasteiger partial charge in [0, 0.05) is 13.1 Å². The van der Waals surface area contributed by atoms with Crippen LogP contribution in [0.5, 0.6) is 0 Å². The molecule has 0 aliphatic carbocycles. The number of ketones is 1. The number of amides is 4. The zero-order valence-electron chi connectivity index (χ0n) is 24.2. The highest BCUT2D eigenvalue weighted by atomic mass is 16.6. The third-order valence-corrected chi connectivity index (χ3v) is 7.01. The largest absolute Gasteiger partial charge is 0.379 e. The predicted octanol–water partition coefficient (Wildman–Crippen LogP) is -0.442. The second kappa shape index (κ2) is 15.6. The van der Waals surface area contributed by atoms with Crippen LogP contribution in [0.4, 0.5) is 0 Å². The third kappa shape index (κ3) is 11.2. The van der Waals surface area contributed by atoms with Crippen LogP contribution in [0, 0.1) is 5.92 Å². The lowest BCUT2D eigenvalue weighted by atomic mass is 9.93. The number of Topliss-reactive ketones (excluding diaryl/α,β-unsaturated/α-hetero) is 1. The molecule has 0 aromatic heterocycles. The van der Waals surface area contributed by atoms with Crippen molar-refractivity contribution in [3.8, 4) is 0 Å². The van der Waals surface area contributed by atoms with Crippen molar-refractivity contribution in [2.45, 2.75) is 57.7 Å². The van der Waals surface area contributed by atoms with Crippen LogP contribution in [0.15, 0.2) is 30.3 Å². The van der Waals surface area contributed by atoms with Gasteiger partial charge in [0.15, 0.2) is 5.78 Å². The number of rotatable bonds is 16. The predicted molar refractivity (Wildman–Crippen MR) is 151 cm³/mol. The molecule has 41 heavy (non-hydrogen) atoms. The minimum atomic E-state index is -0.866. The summed E-state index contributed by atoms with van der Waals surface area (Å²) in [5.74, 6) is -1.87. The Labute approximate surface area is 241 Å². The van der Waals surface area contributed by atoms with Gasteiger partial charge in [-0.25, -0.2) is 0 Å². The van der Waals surface area contributed by atoms with Gasteiger partial charge < -0.3 is 30.7 Å². The molecule has 1 aromatic rings. The first-order valence-electron chi connectivity index (χ1n) is 14.2. The van der Waals surface area contributed by atoms with Crippen LogP contribution in [0.3, 0.4) is 0 Å². The maximum Gasteiger partial charge on any atom is 0.243 e. The molecule has 0 saturated carbocycles. The monoisotopic (exact) mass is 573 g/mol. The number of hydrogen-bond donors (Lipinski definition) is 4. The van der Waals surface area contributed by atoms with Crippen molar-refractivity contribution in [2.75, 3.05) is 52.5 Å². The first kappa shape index (κ1) is 32.2. The van der Waals surface area contributed by atoms with Gasteiger partial charge in [-0.3, -0.25) is 28.9 Å². The molecule has 1 aromatic carbocycles. The van der Waals surface area contributed by atoms with Gasteiger partial charge in [0.05, 0.1) is 45.5 Å². The molecule has 12 heteroatoms. The summed E-state index contributed by atoms with van der Waals surface area (Å²) in [5, 5.41) is 10.5. The van der Waals surface area contributed by atoms with Crippen molar-refractivity contribution in [1.82, 2.24) is 26.2 Å². The molecule has 0 radical (unpaired) electrons. The topological polar surface area (TPSA) is 158 Å². The number of ether oxygens (including phenoxy) is 2. The van der Waals surface area contributed by atoms with Crippen LogP contribution >= 0.6 is 0 Å². The first-order chi connectivity index (χ1) is 19.6. The lowest BCUT2D eigenvalue weighted by Gasteiger charge is -2.27. The molecule has 3 atom stereocenters. The summed E-state index contributed by atoms with van der Waals surface area (Å²) in [6, 6.07) is 8.05. The summed E-state index contributed by atoms with van der Waals surface area (Å²) >= 11 is 0. The van der Waals surface area contributed by atoms with E-state index in [1.165, 1.54) is 0 Å². The molecular weight excluding hydrogens is 530 g/mol. The van der Waals surface area contributed by atoms with Crippen molar-refractivity contribution in [3.05, 3.63) is 35.9 Å². The highest BCUT2D eigenvalue weighted by molar-refractivity contribution is 5.97. The fourth-order valence-electron chi connectivity index (χ4n) is 4.53. The molecule has 2 aliphatic rings.